The fourth-order valence-corrected chi connectivity index (χ4v) is 4.47. The van der Waals surface area contributed by atoms with Crippen LogP contribution in [0.25, 0.3) is 0 Å². The van der Waals surface area contributed by atoms with Gasteiger partial charge in [0.2, 0.25) is 5.95 Å². The Balaban J connectivity index is 1.37. The van der Waals surface area contributed by atoms with Crippen LogP contribution >= 0.6 is 11.3 Å². The predicted octanol–water partition coefficient (Wildman–Crippen LogP) is 2.77. The van der Waals surface area contributed by atoms with E-state index in [9.17, 15) is 0 Å². The largest absolute Gasteiger partial charge is 0.371 e. The van der Waals surface area contributed by atoms with Crippen LogP contribution < -0.4 is 5.32 Å². The summed E-state index contributed by atoms with van der Waals surface area (Å²) in [5.74, 6) is 0.699. The number of anilines is 1. The molecule has 0 unspecified atom stereocenters. The van der Waals surface area contributed by atoms with Crippen molar-refractivity contribution in [3.05, 3.63) is 40.8 Å². The van der Waals surface area contributed by atoms with Gasteiger partial charge >= 0.3 is 0 Å². The van der Waals surface area contributed by atoms with E-state index in [-0.39, 0.29) is 5.60 Å². The van der Waals surface area contributed by atoms with E-state index in [1.165, 1.54) is 17.8 Å². The average molecular weight is 330 g/mol. The number of ether oxygens (including phenoxy) is 1. The molecule has 1 N–H and O–H groups in total. The van der Waals surface area contributed by atoms with E-state index in [0.717, 1.165) is 32.5 Å². The molecule has 5 nitrogen and oxygen atoms in total. The Labute approximate surface area is 140 Å². The molecule has 2 fully saturated rings. The first-order chi connectivity index (χ1) is 11.3. The van der Waals surface area contributed by atoms with Crippen LogP contribution in [0, 0.1) is 0 Å². The summed E-state index contributed by atoms with van der Waals surface area (Å²) in [4.78, 5) is 12.5. The third-order valence-electron chi connectivity index (χ3n) is 4.69. The maximum Gasteiger partial charge on any atom is 0.222 e. The highest BCUT2D eigenvalue weighted by Gasteiger charge is 2.43. The van der Waals surface area contributed by atoms with Gasteiger partial charge in [-0.2, -0.15) is 0 Å². The number of hydrogen-bond acceptors (Lipinski definition) is 6. The molecule has 4 rings (SSSR count). The van der Waals surface area contributed by atoms with Crippen molar-refractivity contribution in [1.29, 1.82) is 0 Å². The second-order valence-corrected chi connectivity index (χ2v) is 7.54. The molecule has 6 heteroatoms. The minimum absolute atomic E-state index is 0.00194. The first-order valence-corrected chi connectivity index (χ1v) is 9.12. The average Bonchev–Trinajstić information content (AvgIpc) is 3.19. The van der Waals surface area contributed by atoms with Crippen LogP contribution in [-0.4, -0.2) is 46.2 Å². The van der Waals surface area contributed by atoms with Crippen molar-refractivity contribution >= 4 is 17.3 Å². The Bertz CT molecular complexity index is 621. The Hall–Kier alpha value is -1.50. The molecular formula is C17H22N4OS. The third kappa shape index (κ3) is 3.54. The second-order valence-electron chi connectivity index (χ2n) is 6.51. The van der Waals surface area contributed by atoms with Gasteiger partial charge in [0.15, 0.2) is 0 Å². The molecule has 2 aromatic heterocycles. The van der Waals surface area contributed by atoms with Crippen LogP contribution in [-0.2, 0) is 11.3 Å². The standard InChI is InChI=1S/C17H22N4OS/c1-4-15(23-9-1)11-21-8-2-5-17(13-21)10-14(12-22-17)20-16-18-6-3-7-19-16/h1,3-4,6-7,9,14H,2,5,8,10-13H2,(H,18,19,20)/t14-,17-/m1/s1. The maximum atomic E-state index is 6.26. The number of aromatic nitrogens is 2. The van der Waals surface area contributed by atoms with Crippen LogP contribution in [0.1, 0.15) is 24.1 Å². The number of thiophene rings is 1. The summed E-state index contributed by atoms with van der Waals surface area (Å²) in [6.45, 7) is 3.98. The Kier molecular flexibility index (Phi) is 4.29. The number of hydrogen-bond donors (Lipinski definition) is 1. The van der Waals surface area contributed by atoms with Gasteiger partial charge in [-0.05, 0) is 36.9 Å². The molecule has 1 spiro atoms. The molecule has 0 aliphatic carbocycles. The minimum atomic E-state index is 0.00194. The first-order valence-electron chi connectivity index (χ1n) is 8.24. The van der Waals surface area contributed by atoms with E-state index in [0.29, 0.717) is 12.0 Å². The Morgan fingerprint density at radius 1 is 1.35 bits per heavy atom. The molecule has 2 aliphatic rings. The molecule has 2 aromatic rings. The fraction of sp³-hybridized carbons (Fsp3) is 0.529. The molecule has 2 saturated heterocycles. The molecule has 2 aliphatic heterocycles. The van der Waals surface area contributed by atoms with E-state index < -0.39 is 0 Å². The minimum Gasteiger partial charge on any atom is -0.371 e. The zero-order valence-electron chi connectivity index (χ0n) is 13.1. The van der Waals surface area contributed by atoms with Crippen molar-refractivity contribution in [3.8, 4) is 0 Å². The lowest BCUT2D eigenvalue weighted by molar-refractivity contribution is -0.0531. The summed E-state index contributed by atoms with van der Waals surface area (Å²) in [6.07, 6.45) is 6.93. The fourth-order valence-electron chi connectivity index (χ4n) is 3.73. The summed E-state index contributed by atoms with van der Waals surface area (Å²) in [5.41, 5.74) is 0.00194. The van der Waals surface area contributed by atoms with Crippen molar-refractivity contribution in [1.82, 2.24) is 14.9 Å². The summed E-state index contributed by atoms with van der Waals surface area (Å²) in [5, 5.41) is 5.56. The first kappa shape index (κ1) is 15.1. The van der Waals surface area contributed by atoms with Crippen molar-refractivity contribution in [2.45, 2.75) is 37.5 Å². The monoisotopic (exact) mass is 330 g/mol. The van der Waals surface area contributed by atoms with Crippen molar-refractivity contribution in [2.24, 2.45) is 0 Å². The lowest BCUT2D eigenvalue weighted by Crippen LogP contribution is -2.47. The molecule has 23 heavy (non-hydrogen) atoms. The van der Waals surface area contributed by atoms with Crippen molar-refractivity contribution < 1.29 is 4.74 Å². The highest BCUT2D eigenvalue weighted by molar-refractivity contribution is 7.09. The highest BCUT2D eigenvalue weighted by Crippen LogP contribution is 2.36. The van der Waals surface area contributed by atoms with E-state index in [1.54, 1.807) is 12.4 Å². The van der Waals surface area contributed by atoms with Gasteiger partial charge in [0.05, 0.1) is 18.2 Å². The third-order valence-corrected chi connectivity index (χ3v) is 5.55. The molecule has 2 atom stereocenters. The Morgan fingerprint density at radius 2 is 2.26 bits per heavy atom. The van der Waals surface area contributed by atoms with E-state index in [4.69, 9.17) is 4.74 Å². The lowest BCUT2D eigenvalue weighted by atomic mass is 9.88. The molecule has 0 saturated carbocycles. The molecule has 4 heterocycles. The van der Waals surface area contributed by atoms with Gasteiger partial charge in [-0.1, -0.05) is 6.07 Å². The summed E-state index contributed by atoms with van der Waals surface area (Å²) in [7, 11) is 0. The van der Waals surface area contributed by atoms with Crippen molar-refractivity contribution in [3.63, 3.8) is 0 Å². The van der Waals surface area contributed by atoms with Gasteiger partial charge in [-0.25, -0.2) is 9.97 Å². The molecule has 0 aromatic carbocycles. The maximum absolute atomic E-state index is 6.26. The zero-order chi connectivity index (χ0) is 15.5. The quantitative estimate of drug-likeness (QED) is 0.934. The number of likely N-dealkylation sites (tertiary alicyclic amines) is 1. The van der Waals surface area contributed by atoms with Gasteiger partial charge < -0.3 is 10.1 Å². The summed E-state index contributed by atoms with van der Waals surface area (Å²) >= 11 is 1.84. The van der Waals surface area contributed by atoms with E-state index >= 15 is 0 Å². The molecule has 0 radical (unpaired) electrons. The highest BCUT2D eigenvalue weighted by atomic mass is 32.1. The second kappa shape index (κ2) is 6.55. The Morgan fingerprint density at radius 3 is 3.09 bits per heavy atom. The normalized spacial score (nSPS) is 28.3. The lowest BCUT2D eigenvalue weighted by Gasteiger charge is -2.39. The van der Waals surface area contributed by atoms with Crippen LogP contribution in [0.4, 0.5) is 5.95 Å². The topological polar surface area (TPSA) is 50.3 Å². The zero-order valence-corrected chi connectivity index (χ0v) is 14.0. The SMILES string of the molecule is c1cnc(N[C@H]2CO[C@]3(CCCN(Cc4cccs4)C3)C2)nc1. The van der Waals surface area contributed by atoms with Gasteiger partial charge in [0.1, 0.15) is 0 Å². The van der Waals surface area contributed by atoms with Gasteiger partial charge in [-0.15, -0.1) is 11.3 Å². The van der Waals surface area contributed by atoms with Gasteiger partial charge in [0.25, 0.3) is 0 Å². The van der Waals surface area contributed by atoms with Gasteiger partial charge in [-0.3, -0.25) is 4.90 Å². The summed E-state index contributed by atoms with van der Waals surface area (Å²) in [6, 6.07) is 6.49. The predicted molar refractivity (Wildman–Crippen MR) is 91.6 cm³/mol. The van der Waals surface area contributed by atoms with Crippen molar-refractivity contribution in [2.75, 3.05) is 25.0 Å². The van der Waals surface area contributed by atoms with Crippen LogP contribution in [0.2, 0.25) is 0 Å². The van der Waals surface area contributed by atoms with E-state index in [1.807, 2.05) is 17.4 Å². The molecular weight excluding hydrogens is 308 g/mol. The number of nitrogens with one attached hydrogen (secondary N) is 1. The van der Waals surface area contributed by atoms with E-state index in [2.05, 4.69) is 37.7 Å². The smallest absolute Gasteiger partial charge is 0.222 e. The van der Waals surface area contributed by atoms with Crippen LogP contribution in [0.15, 0.2) is 36.0 Å². The van der Waals surface area contributed by atoms with Gasteiger partial charge in [0, 0.05) is 36.8 Å². The summed E-state index contributed by atoms with van der Waals surface area (Å²) < 4.78 is 6.26. The molecule has 122 valence electrons. The number of nitrogens with zero attached hydrogens (tertiary/aromatic N) is 3. The number of piperidine rings is 1. The molecule has 0 amide bonds. The molecule has 0 bridgehead atoms. The van der Waals surface area contributed by atoms with Crippen LogP contribution in [0.5, 0.6) is 0 Å². The van der Waals surface area contributed by atoms with Crippen LogP contribution in [0.3, 0.4) is 0 Å². The number of rotatable bonds is 4.